The summed E-state index contributed by atoms with van der Waals surface area (Å²) < 4.78 is 5.36. The maximum Gasteiger partial charge on any atom is 0.410 e. The van der Waals surface area contributed by atoms with Crippen LogP contribution in [0, 0.1) is 0 Å². The zero-order chi connectivity index (χ0) is 13.8. The lowest BCUT2D eigenvalue weighted by Crippen LogP contribution is -2.38. The summed E-state index contributed by atoms with van der Waals surface area (Å²) in [7, 11) is 0. The molecule has 0 aromatic carbocycles. The van der Waals surface area contributed by atoms with Gasteiger partial charge in [0.05, 0.1) is 0 Å². The van der Waals surface area contributed by atoms with Crippen LogP contribution in [0.4, 0.5) is 4.79 Å². The van der Waals surface area contributed by atoms with Gasteiger partial charge in [-0.3, -0.25) is 0 Å². The molecule has 1 aliphatic heterocycles. The molecular weight excluding hydrogens is 228 g/mol. The van der Waals surface area contributed by atoms with Crippen LogP contribution >= 0.6 is 0 Å². The Hall–Kier alpha value is -1.03. The third kappa shape index (κ3) is 5.54. The predicted octanol–water partition coefficient (Wildman–Crippen LogP) is 2.55. The number of nitrogens with zero attached hydrogens (tertiary/aromatic N) is 1. The highest BCUT2D eigenvalue weighted by molar-refractivity contribution is 5.68. The van der Waals surface area contributed by atoms with Gasteiger partial charge >= 0.3 is 6.09 Å². The van der Waals surface area contributed by atoms with Crippen molar-refractivity contribution in [1.29, 1.82) is 0 Å². The molecule has 0 saturated carbocycles. The summed E-state index contributed by atoms with van der Waals surface area (Å²) in [6.07, 6.45) is 2.96. The van der Waals surface area contributed by atoms with Crippen molar-refractivity contribution in [3.63, 3.8) is 0 Å². The first-order valence-corrected chi connectivity index (χ1v) is 6.62. The molecule has 0 aliphatic carbocycles. The van der Waals surface area contributed by atoms with Gasteiger partial charge in [-0.05, 0) is 41.0 Å². The van der Waals surface area contributed by atoms with Crippen molar-refractivity contribution in [1.82, 2.24) is 10.2 Å². The number of nitrogens with one attached hydrogen (secondary N) is 1. The Bertz CT molecular complexity index is 314. The quantitative estimate of drug-likeness (QED) is 0.787. The molecule has 0 aromatic heterocycles. The standard InChI is InChI=1S/C14H26N2O2/c1-11(2)6-8-15-12-7-9-16(10-12)13(17)18-14(3,4)5/h6,12,15H,7-10H2,1-5H3. The zero-order valence-electron chi connectivity index (χ0n) is 12.2. The third-order valence-electron chi connectivity index (χ3n) is 2.76. The lowest BCUT2D eigenvalue weighted by atomic mass is 10.2. The van der Waals surface area contributed by atoms with Gasteiger partial charge in [-0.1, -0.05) is 11.6 Å². The molecule has 1 N–H and O–H groups in total. The molecule has 1 fully saturated rings. The van der Waals surface area contributed by atoms with E-state index in [0.717, 1.165) is 26.1 Å². The van der Waals surface area contributed by atoms with Crippen molar-refractivity contribution < 1.29 is 9.53 Å². The average Bonchev–Trinajstić information content (AvgIpc) is 2.63. The first-order valence-electron chi connectivity index (χ1n) is 6.62. The number of hydrogen-bond donors (Lipinski definition) is 1. The summed E-state index contributed by atoms with van der Waals surface area (Å²) in [6, 6.07) is 0.383. The van der Waals surface area contributed by atoms with E-state index >= 15 is 0 Å². The van der Waals surface area contributed by atoms with Crippen LogP contribution in [0.25, 0.3) is 0 Å². The SMILES string of the molecule is CC(C)=CCNC1CCN(C(=O)OC(C)(C)C)C1. The maximum absolute atomic E-state index is 11.9. The van der Waals surface area contributed by atoms with Crippen LogP contribution in [0.2, 0.25) is 0 Å². The second-order valence-corrected chi connectivity index (χ2v) is 6.10. The van der Waals surface area contributed by atoms with Gasteiger partial charge in [-0.15, -0.1) is 0 Å². The van der Waals surface area contributed by atoms with Crippen molar-refractivity contribution in [3.05, 3.63) is 11.6 Å². The second-order valence-electron chi connectivity index (χ2n) is 6.10. The van der Waals surface area contributed by atoms with Gasteiger partial charge in [0.25, 0.3) is 0 Å². The summed E-state index contributed by atoms with van der Waals surface area (Å²) in [4.78, 5) is 13.6. The van der Waals surface area contributed by atoms with Crippen LogP contribution in [0.15, 0.2) is 11.6 Å². The van der Waals surface area contributed by atoms with E-state index in [9.17, 15) is 4.79 Å². The molecule has 4 nitrogen and oxygen atoms in total. The number of hydrogen-bond acceptors (Lipinski definition) is 3. The molecule has 0 aromatic rings. The van der Waals surface area contributed by atoms with E-state index in [0.29, 0.717) is 6.04 Å². The normalized spacial score (nSPS) is 19.8. The highest BCUT2D eigenvalue weighted by atomic mass is 16.6. The predicted molar refractivity (Wildman–Crippen MR) is 73.6 cm³/mol. The number of carbonyl (C=O) groups excluding carboxylic acids is 1. The lowest BCUT2D eigenvalue weighted by molar-refractivity contribution is 0.0291. The van der Waals surface area contributed by atoms with E-state index in [4.69, 9.17) is 4.74 Å². The topological polar surface area (TPSA) is 41.6 Å². The molecule has 1 saturated heterocycles. The van der Waals surface area contributed by atoms with E-state index < -0.39 is 5.60 Å². The molecule has 1 heterocycles. The molecule has 1 unspecified atom stereocenters. The van der Waals surface area contributed by atoms with Crippen LogP contribution in [0.1, 0.15) is 41.0 Å². The molecule has 1 aliphatic rings. The molecule has 4 heteroatoms. The smallest absolute Gasteiger partial charge is 0.410 e. The Morgan fingerprint density at radius 1 is 1.44 bits per heavy atom. The molecule has 0 spiro atoms. The van der Waals surface area contributed by atoms with Crippen LogP contribution in [0.5, 0.6) is 0 Å². The number of amides is 1. The fraction of sp³-hybridized carbons (Fsp3) is 0.786. The van der Waals surface area contributed by atoms with Crippen molar-refractivity contribution in [3.8, 4) is 0 Å². The third-order valence-corrected chi connectivity index (χ3v) is 2.76. The minimum atomic E-state index is -0.412. The van der Waals surface area contributed by atoms with E-state index in [-0.39, 0.29) is 6.09 Å². The minimum Gasteiger partial charge on any atom is -0.444 e. The van der Waals surface area contributed by atoms with E-state index in [1.54, 1.807) is 4.90 Å². The van der Waals surface area contributed by atoms with Gasteiger partial charge in [0, 0.05) is 25.7 Å². The first kappa shape index (κ1) is 15.0. The first-order chi connectivity index (χ1) is 8.28. The number of allylic oxidation sites excluding steroid dienone is 1. The van der Waals surface area contributed by atoms with Gasteiger partial charge < -0.3 is 15.0 Å². The molecule has 104 valence electrons. The molecule has 0 bridgehead atoms. The van der Waals surface area contributed by atoms with E-state index in [1.165, 1.54) is 5.57 Å². The molecule has 0 radical (unpaired) electrons. The fourth-order valence-electron chi connectivity index (χ4n) is 1.85. The highest BCUT2D eigenvalue weighted by Crippen LogP contribution is 2.15. The maximum atomic E-state index is 11.9. The monoisotopic (exact) mass is 254 g/mol. The number of likely N-dealkylation sites (tertiary alicyclic amines) is 1. The lowest BCUT2D eigenvalue weighted by Gasteiger charge is -2.24. The van der Waals surface area contributed by atoms with Gasteiger partial charge in [0.1, 0.15) is 5.60 Å². The molecule has 1 amide bonds. The Morgan fingerprint density at radius 3 is 2.67 bits per heavy atom. The van der Waals surface area contributed by atoms with Gasteiger partial charge in [0.15, 0.2) is 0 Å². The summed E-state index contributed by atoms with van der Waals surface area (Å²) in [5.74, 6) is 0. The molecule has 18 heavy (non-hydrogen) atoms. The van der Waals surface area contributed by atoms with Gasteiger partial charge in [0.2, 0.25) is 0 Å². The van der Waals surface area contributed by atoms with Crippen molar-refractivity contribution in [2.24, 2.45) is 0 Å². The van der Waals surface area contributed by atoms with Crippen LogP contribution < -0.4 is 5.32 Å². The number of rotatable bonds is 3. The summed E-state index contributed by atoms with van der Waals surface area (Å²) in [5, 5.41) is 3.43. The van der Waals surface area contributed by atoms with Crippen LogP contribution in [0.3, 0.4) is 0 Å². The fourth-order valence-corrected chi connectivity index (χ4v) is 1.85. The summed E-state index contributed by atoms with van der Waals surface area (Å²) in [6.45, 7) is 12.2. The number of ether oxygens (including phenoxy) is 1. The summed E-state index contributed by atoms with van der Waals surface area (Å²) in [5.41, 5.74) is 0.898. The van der Waals surface area contributed by atoms with Crippen molar-refractivity contribution >= 4 is 6.09 Å². The second kappa shape index (κ2) is 6.23. The van der Waals surface area contributed by atoms with Gasteiger partial charge in [-0.2, -0.15) is 0 Å². The number of carbonyl (C=O) groups is 1. The Morgan fingerprint density at radius 2 is 2.11 bits per heavy atom. The average molecular weight is 254 g/mol. The zero-order valence-corrected chi connectivity index (χ0v) is 12.2. The summed E-state index contributed by atoms with van der Waals surface area (Å²) >= 11 is 0. The van der Waals surface area contributed by atoms with Gasteiger partial charge in [-0.25, -0.2) is 4.79 Å². The van der Waals surface area contributed by atoms with Crippen molar-refractivity contribution in [2.45, 2.75) is 52.7 Å². The Kier molecular flexibility index (Phi) is 5.20. The Balaban J connectivity index is 2.32. The van der Waals surface area contributed by atoms with E-state index in [1.807, 2.05) is 20.8 Å². The molecule has 1 atom stereocenters. The van der Waals surface area contributed by atoms with E-state index in [2.05, 4.69) is 25.2 Å². The molecule has 1 rings (SSSR count). The van der Waals surface area contributed by atoms with Crippen LogP contribution in [-0.2, 0) is 4.74 Å². The largest absolute Gasteiger partial charge is 0.444 e. The highest BCUT2D eigenvalue weighted by Gasteiger charge is 2.29. The van der Waals surface area contributed by atoms with Crippen molar-refractivity contribution in [2.75, 3.05) is 19.6 Å². The Labute approximate surface area is 110 Å². The minimum absolute atomic E-state index is 0.200. The van der Waals surface area contributed by atoms with Crippen LogP contribution in [-0.4, -0.2) is 42.3 Å². The molecular formula is C14H26N2O2.